The number of rotatable bonds is 26. The number of amides is 7. The second-order valence-corrected chi connectivity index (χ2v) is 25.9. The van der Waals surface area contributed by atoms with Crippen molar-refractivity contribution in [2.24, 2.45) is 5.92 Å². The first-order valence-electron chi connectivity index (χ1n) is 31.0. The van der Waals surface area contributed by atoms with Crippen molar-refractivity contribution in [2.75, 3.05) is 59.7 Å². The van der Waals surface area contributed by atoms with Crippen molar-refractivity contribution < 1.29 is 107 Å². The molecule has 3 aliphatic heterocycles. The minimum absolute atomic E-state index is 0.00486. The van der Waals surface area contributed by atoms with E-state index >= 15 is 0 Å². The number of nitrogens with zero attached hydrogens (tertiary/aromatic N) is 4. The normalized spacial score (nSPS) is 24.7. The highest BCUT2D eigenvalue weighted by molar-refractivity contribution is 8.15. The van der Waals surface area contributed by atoms with Gasteiger partial charge in [0.2, 0.25) is 35.4 Å². The summed E-state index contributed by atoms with van der Waals surface area (Å²) in [5.74, 6) is -9.81. The average Bonchev–Trinajstić information content (AvgIpc) is 1.71. The zero-order valence-electron chi connectivity index (χ0n) is 52.5. The van der Waals surface area contributed by atoms with E-state index in [4.69, 9.17) is 9.47 Å². The van der Waals surface area contributed by atoms with Crippen LogP contribution in [-0.4, -0.2) is 260 Å². The summed E-state index contributed by atoms with van der Waals surface area (Å²) in [7, 11) is 1.69. The van der Waals surface area contributed by atoms with Gasteiger partial charge in [0.25, 0.3) is 17.1 Å². The molecule has 0 bridgehead atoms. The molecule has 0 radical (unpaired) electrons. The number of unbranched alkanes of at least 4 members (excludes halogenated alkanes) is 4. The van der Waals surface area contributed by atoms with Gasteiger partial charge in [-0.2, -0.15) is 0 Å². The lowest BCUT2D eigenvalue weighted by Gasteiger charge is -2.34. The number of benzene rings is 3. The standard InChI is InChI=1S/C61H86N10O22S2/c1-32-28-71-51(52(32)80)57(85)63-27-39(75)25-42(64-53(81)35-10-12-36(13-11-35)58-68-69-59(94-58)37-14-16-41(17-15-37)92-22-8-6-4-5-7-21-91-3)54(82)65-48(33(2)74)60(86)70-29-40(76)26-43(70)55(83)66-49(46(79)23-34-9-18-44(77)47(24-34)93-95(88,89)90)56(84)67-50(61(71)87)45(78)19-20-62-38(30-72)31-73/h9-18,24,32-33,38-40,42-43,45-46,48-52,62,72-80,88-90H,4-8,19-23,25-31H2,1-3H3,(H,63,85)(H,64,81)(H,65,82)(H,66,83)(H,67,84)/t32-,33+,39+,40+,42-,43-,45+,46+,48-,49-,50-,51-,52-/m0/s1. The van der Waals surface area contributed by atoms with Crippen molar-refractivity contribution in [2.45, 2.75) is 151 Å². The number of carbonyl (C=O) groups excluding carboxylic acids is 7. The highest BCUT2D eigenvalue weighted by atomic mass is 32.3. The van der Waals surface area contributed by atoms with E-state index in [1.807, 2.05) is 24.3 Å². The Morgan fingerprint density at radius 2 is 1.34 bits per heavy atom. The van der Waals surface area contributed by atoms with Gasteiger partial charge in [0.05, 0.1) is 62.5 Å². The largest absolute Gasteiger partial charge is 0.504 e. The molecule has 0 saturated carbocycles. The smallest absolute Gasteiger partial charge is 0.266 e. The van der Waals surface area contributed by atoms with Gasteiger partial charge in [-0.1, -0.05) is 55.7 Å². The summed E-state index contributed by atoms with van der Waals surface area (Å²) in [5, 5.41) is 123. The molecule has 0 aliphatic carbocycles. The van der Waals surface area contributed by atoms with Crippen molar-refractivity contribution in [3.8, 4) is 38.4 Å². The van der Waals surface area contributed by atoms with E-state index in [0.29, 0.717) is 27.9 Å². The van der Waals surface area contributed by atoms with Gasteiger partial charge in [0, 0.05) is 75.2 Å². The third-order valence-electron chi connectivity index (χ3n) is 16.4. The minimum atomic E-state index is -4.74. The summed E-state index contributed by atoms with van der Waals surface area (Å²) >= 11 is -3.46. The molecular weight excluding hydrogens is 1290 g/mol. The van der Waals surface area contributed by atoms with Crippen molar-refractivity contribution in [3.05, 3.63) is 77.9 Å². The quantitative estimate of drug-likeness (QED) is 0.0313. The first-order valence-corrected chi connectivity index (χ1v) is 33.3. The molecule has 7 rings (SSSR count). The molecule has 4 heterocycles. The number of carbonyl (C=O) groups is 7. The predicted molar refractivity (Wildman–Crippen MR) is 341 cm³/mol. The fourth-order valence-corrected chi connectivity index (χ4v) is 12.4. The van der Waals surface area contributed by atoms with Crippen LogP contribution in [0.5, 0.6) is 17.2 Å². The molecule has 3 fully saturated rings. The van der Waals surface area contributed by atoms with Crippen LogP contribution in [0.2, 0.25) is 0 Å². The maximum atomic E-state index is 15.0. The molecule has 34 heteroatoms. The Hall–Kier alpha value is -7.26. The Morgan fingerprint density at radius 3 is 1.97 bits per heavy atom. The van der Waals surface area contributed by atoms with Gasteiger partial charge in [-0.3, -0.25) is 47.2 Å². The van der Waals surface area contributed by atoms with Crippen LogP contribution in [0.15, 0.2) is 66.7 Å². The number of β-amino-alcohol motifs (C(OH)–C–C–N with tert-alkyl or cyclic N) is 1. The third kappa shape index (κ3) is 20.9. The van der Waals surface area contributed by atoms with Gasteiger partial charge in [-0.05, 0) is 86.8 Å². The lowest BCUT2D eigenvalue weighted by Crippen LogP contribution is -2.64. The molecule has 3 aromatic carbocycles. The lowest BCUT2D eigenvalue weighted by atomic mass is 9.98. The molecule has 0 spiro atoms. The van der Waals surface area contributed by atoms with Gasteiger partial charge in [0.1, 0.15) is 52.0 Å². The second kappa shape index (κ2) is 35.1. The van der Waals surface area contributed by atoms with Crippen LogP contribution in [0.4, 0.5) is 0 Å². The number of aliphatic hydroxyl groups is 8. The Kier molecular flexibility index (Phi) is 27.8. The van der Waals surface area contributed by atoms with Gasteiger partial charge < -0.3 is 101 Å². The van der Waals surface area contributed by atoms with Gasteiger partial charge in [-0.15, -0.1) is 10.2 Å². The first-order chi connectivity index (χ1) is 45.2. The number of methoxy groups -OCH3 is 1. The van der Waals surface area contributed by atoms with Crippen LogP contribution in [0, 0.1) is 5.92 Å². The highest BCUT2D eigenvalue weighted by Crippen LogP contribution is 2.41. The summed E-state index contributed by atoms with van der Waals surface area (Å²) in [5.41, 5.74) is 1.29. The number of nitrogens with one attached hydrogen (secondary N) is 6. The molecular formula is C61H86N10O22S2. The first kappa shape index (κ1) is 75.1. The van der Waals surface area contributed by atoms with E-state index in [9.17, 15) is 93.2 Å². The third-order valence-corrected chi connectivity index (χ3v) is 17.8. The molecule has 0 unspecified atom stereocenters. The number of hydrogen-bond acceptors (Lipinski definition) is 26. The Bertz CT molecular complexity index is 3220. The second-order valence-electron chi connectivity index (χ2n) is 23.8. The number of aromatic hydroxyl groups is 1. The maximum absolute atomic E-state index is 15.0. The summed E-state index contributed by atoms with van der Waals surface area (Å²) < 4.78 is 44.4. The average molecular weight is 1380 g/mol. The molecule has 3 aliphatic rings. The van der Waals surface area contributed by atoms with Crippen LogP contribution in [0.25, 0.3) is 21.1 Å². The van der Waals surface area contributed by atoms with Crippen LogP contribution < -0.4 is 40.8 Å². The summed E-state index contributed by atoms with van der Waals surface area (Å²) in [4.78, 5) is 104. The number of aromatic nitrogens is 2. The summed E-state index contributed by atoms with van der Waals surface area (Å²) in [6.45, 7) is 0.836. The fraction of sp³-hybridized carbons (Fsp3) is 0.557. The lowest BCUT2D eigenvalue weighted by molar-refractivity contribution is -0.147. The molecule has 3 saturated heterocycles. The van der Waals surface area contributed by atoms with Gasteiger partial charge in [0.15, 0.2) is 11.5 Å². The molecule has 4 aromatic rings. The number of ether oxygens (including phenoxy) is 2. The molecule has 13 atom stereocenters. The Balaban J connectivity index is 1.17. The van der Waals surface area contributed by atoms with E-state index in [1.165, 1.54) is 30.4 Å². The Labute approximate surface area is 552 Å². The van der Waals surface area contributed by atoms with E-state index in [-0.39, 0.29) is 24.2 Å². The van der Waals surface area contributed by atoms with E-state index in [2.05, 4.69) is 46.3 Å². The van der Waals surface area contributed by atoms with Crippen molar-refractivity contribution in [1.29, 1.82) is 0 Å². The molecule has 7 amide bonds. The number of fused-ring (bicyclic) bond motifs is 2. The zero-order valence-corrected chi connectivity index (χ0v) is 54.1. The van der Waals surface area contributed by atoms with Crippen LogP contribution in [-0.2, 0) is 39.9 Å². The number of phenolic OH excluding ortho intramolecular Hbond substituents is 1. The van der Waals surface area contributed by atoms with Crippen LogP contribution in [0.1, 0.15) is 81.1 Å². The summed E-state index contributed by atoms with van der Waals surface area (Å²) in [6.07, 6.45) is -7.90. The zero-order chi connectivity index (χ0) is 69.3. The van der Waals surface area contributed by atoms with E-state index in [0.717, 1.165) is 79.2 Å². The maximum Gasteiger partial charge on any atom is 0.266 e. The number of phenols is 1. The summed E-state index contributed by atoms with van der Waals surface area (Å²) in [6, 6.07) is 3.93. The molecule has 18 N–H and O–H groups in total. The van der Waals surface area contributed by atoms with Gasteiger partial charge >= 0.3 is 0 Å². The van der Waals surface area contributed by atoms with E-state index in [1.54, 1.807) is 19.2 Å². The molecule has 524 valence electrons. The van der Waals surface area contributed by atoms with Crippen molar-refractivity contribution in [1.82, 2.24) is 51.9 Å². The predicted octanol–water partition coefficient (Wildman–Crippen LogP) is -1.65. The number of aliphatic hydroxyl groups excluding tert-OH is 8. The molecule has 32 nitrogen and oxygen atoms in total. The minimum Gasteiger partial charge on any atom is -0.504 e. The SMILES string of the molecule is COCCCCCCCOc1ccc(-c2nnc(-c3ccc(C(=O)N[C@H]4C[C@@H](O)CNC(=O)[C@@H]5[C@@H](O)[C@@H](C)CN5C(=O)[C@H]([C@H](O)CCNC(CO)CO)NC(=O)[C@H]([C@H](O)Cc5ccc(O)c(OS(O)(O)O)c5)NC(=O)[C@@H]5C[C@@H](O)CN5C(=O)[C@H]([C@@H](C)O)NC4=O)cc3)s2)cc1. The fourth-order valence-electron chi connectivity index (χ4n) is 11.2. The van der Waals surface area contributed by atoms with Gasteiger partial charge in [-0.25, -0.2) is 0 Å². The Morgan fingerprint density at radius 1 is 0.726 bits per heavy atom. The van der Waals surface area contributed by atoms with Crippen molar-refractivity contribution >= 4 is 63.8 Å². The monoisotopic (exact) mass is 1370 g/mol. The van der Waals surface area contributed by atoms with Crippen LogP contribution in [0.3, 0.4) is 0 Å². The topological polar surface area (TPSA) is 494 Å². The van der Waals surface area contributed by atoms with Crippen molar-refractivity contribution in [3.63, 3.8) is 0 Å². The molecule has 95 heavy (non-hydrogen) atoms. The van der Waals surface area contributed by atoms with Crippen LogP contribution >= 0.6 is 22.5 Å². The van der Waals surface area contributed by atoms with E-state index < -0.39 is 201 Å². The highest BCUT2D eigenvalue weighted by Gasteiger charge is 2.50. The molecule has 1 aromatic heterocycles. The number of hydrogen-bond donors (Lipinski definition) is 18.